The molecule has 35 heavy (non-hydrogen) atoms. The summed E-state index contributed by atoms with van der Waals surface area (Å²) in [5.74, 6) is -0.410. The van der Waals surface area contributed by atoms with Gasteiger partial charge in [0.1, 0.15) is 0 Å². The molecule has 12 heteroatoms. The van der Waals surface area contributed by atoms with Crippen LogP contribution < -0.4 is 10.6 Å². The molecule has 4 rings (SSSR count). The quantitative estimate of drug-likeness (QED) is 0.444. The highest BCUT2D eigenvalue weighted by Crippen LogP contribution is 2.32. The Morgan fingerprint density at radius 2 is 1.71 bits per heavy atom. The van der Waals surface area contributed by atoms with Crippen LogP contribution in [-0.2, 0) is 16.4 Å². The Labute approximate surface area is 198 Å². The number of anilines is 1. The summed E-state index contributed by atoms with van der Waals surface area (Å²) >= 11 is 0. The van der Waals surface area contributed by atoms with Gasteiger partial charge in [-0.3, -0.25) is 9.55 Å². The molecule has 4 aromatic rings. The highest BCUT2D eigenvalue weighted by atomic mass is 32.2. The van der Waals surface area contributed by atoms with Gasteiger partial charge in [-0.1, -0.05) is 6.07 Å². The number of pyridine rings is 1. The normalized spacial score (nSPS) is 12.3. The molecule has 0 atom stereocenters. The van der Waals surface area contributed by atoms with Crippen molar-refractivity contribution in [3.63, 3.8) is 0 Å². The van der Waals surface area contributed by atoms with Gasteiger partial charge in [0.2, 0.25) is 5.88 Å². The van der Waals surface area contributed by atoms with Crippen LogP contribution in [0.2, 0.25) is 0 Å². The molecule has 1 N–H and O–H groups in total. The molecular formula is C23H21F3N4O4S. The second-order valence-electron chi connectivity index (χ2n) is 8.09. The summed E-state index contributed by atoms with van der Waals surface area (Å²) in [6.45, 7) is 1.63. The molecule has 0 fully saturated rings. The number of nitrogens with zero attached hydrogens (tertiary/aromatic N) is 4. The van der Waals surface area contributed by atoms with Crippen molar-refractivity contribution in [2.75, 3.05) is 19.0 Å². The van der Waals surface area contributed by atoms with Crippen LogP contribution in [0.25, 0.3) is 16.6 Å². The van der Waals surface area contributed by atoms with Crippen LogP contribution in [-0.4, -0.2) is 47.2 Å². The van der Waals surface area contributed by atoms with Gasteiger partial charge in [-0.25, -0.2) is 17.8 Å². The van der Waals surface area contributed by atoms with Crippen molar-refractivity contribution in [1.29, 1.82) is 0 Å². The Kier molecular flexibility index (Phi) is 5.87. The van der Waals surface area contributed by atoms with E-state index in [4.69, 9.17) is 0 Å². The van der Waals surface area contributed by atoms with Gasteiger partial charge in [-0.2, -0.15) is 13.2 Å². The Balaban J connectivity index is 1.80. The highest BCUT2D eigenvalue weighted by Gasteiger charge is 2.46. The van der Waals surface area contributed by atoms with Crippen molar-refractivity contribution in [3.05, 3.63) is 76.5 Å². The highest BCUT2D eigenvalue weighted by molar-refractivity contribution is 7.92. The van der Waals surface area contributed by atoms with Gasteiger partial charge in [0.05, 0.1) is 28.3 Å². The number of halogens is 3. The number of rotatable bonds is 5. The molecule has 8 nitrogen and oxygen atoms in total. The van der Waals surface area contributed by atoms with Crippen molar-refractivity contribution < 1.29 is 26.7 Å². The van der Waals surface area contributed by atoms with E-state index >= 15 is 0 Å². The average Bonchev–Trinajstić information content (AvgIpc) is 3.01. The zero-order chi connectivity index (χ0) is 25.7. The van der Waals surface area contributed by atoms with Gasteiger partial charge in [-0.05, 0) is 55.0 Å². The molecule has 0 aliphatic carbocycles. The Bertz CT molecular complexity index is 1580. The number of aromatic hydroxyl groups is 1. The summed E-state index contributed by atoms with van der Waals surface area (Å²) in [6, 6.07) is 11.0. The van der Waals surface area contributed by atoms with E-state index in [0.29, 0.717) is 0 Å². The molecular weight excluding hydrogens is 485 g/mol. The van der Waals surface area contributed by atoms with E-state index in [1.165, 1.54) is 11.5 Å². The smallest absolute Gasteiger partial charge is 0.493 e. The predicted octanol–water partition coefficient (Wildman–Crippen LogP) is 3.61. The van der Waals surface area contributed by atoms with Crippen molar-refractivity contribution in [2.45, 2.75) is 23.9 Å². The molecule has 0 amide bonds. The molecule has 0 spiro atoms. The van der Waals surface area contributed by atoms with Gasteiger partial charge < -0.3 is 10.0 Å². The van der Waals surface area contributed by atoms with E-state index in [0.717, 1.165) is 51.0 Å². The Hall–Kier alpha value is -3.80. The SMILES string of the molecule is Cc1c(O)n(-c2ccc(S(=O)(=O)C(F)(F)F)cc2)c(=O)n1Cc1ccnc2cccc(N(C)C)c12. The van der Waals surface area contributed by atoms with E-state index in [9.17, 15) is 31.5 Å². The van der Waals surface area contributed by atoms with E-state index in [-0.39, 0.29) is 17.9 Å². The monoisotopic (exact) mass is 506 g/mol. The van der Waals surface area contributed by atoms with Gasteiger partial charge in [-0.15, -0.1) is 0 Å². The second kappa shape index (κ2) is 8.45. The Morgan fingerprint density at radius 3 is 2.31 bits per heavy atom. The predicted molar refractivity (Wildman–Crippen MR) is 125 cm³/mol. The molecule has 0 aliphatic rings. The van der Waals surface area contributed by atoms with Gasteiger partial charge in [0.15, 0.2) is 0 Å². The van der Waals surface area contributed by atoms with Crippen molar-refractivity contribution in [1.82, 2.24) is 14.1 Å². The zero-order valence-corrected chi connectivity index (χ0v) is 19.7. The average molecular weight is 507 g/mol. The van der Waals surface area contributed by atoms with Crippen LogP contribution in [0.15, 0.2) is 64.4 Å². The number of hydrogen-bond acceptors (Lipinski definition) is 6. The van der Waals surface area contributed by atoms with E-state index in [1.807, 2.05) is 37.2 Å². The number of aromatic nitrogens is 3. The summed E-state index contributed by atoms with van der Waals surface area (Å²) in [5.41, 5.74) is -3.46. The number of benzene rings is 2. The maximum absolute atomic E-state index is 13.3. The lowest BCUT2D eigenvalue weighted by Crippen LogP contribution is -2.25. The number of imidazole rings is 1. The first-order valence-corrected chi connectivity index (χ1v) is 11.8. The van der Waals surface area contributed by atoms with Crippen molar-refractivity contribution >= 4 is 26.4 Å². The minimum atomic E-state index is -5.54. The summed E-state index contributed by atoms with van der Waals surface area (Å²) in [4.78, 5) is 18.6. The largest absolute Gasteiger partial charge is 0.501 e. The first-order chi connectivity index (χ1) is 16.3. The van der Waals surface area contributed by atoms with Gasteiger partial charge >= 0.3 is 11.2 Å². The molecule has 184 valence electrons. The second-order valence-corrected chi connectivity index (χ2v) is 10.0. The maximum atomic E-state index is 13.3. The number of hydrogen-bond donors (Lipinski definition) is 1. The first-order valence-electron chi connectivity index (χ1n) is 10.3. The van der Waals surface area contributed by atoms with E-state index in [1.54, 1.807) is 12.3 Å². The summed E-state index contributed by atoms with van der Waals surface area (Å²) in [6.07, 6.45) is 1.62. The fraction of sp³-hybridized carbons (Fsp3) is 0.217. The molecule has 0 aliphatic heterocycles. The van der Waals surface area contributed by atoms with Crippen LogP contribution in [0.1, 0.15) is 11.3 Å². The molecule has 0 saturated heterocycles. The topological polar surface area (TPSA) is 97.4 Å². The molecule has 0 saturated carbocycles. The number of sulfone groups is 1. The van der Waals surface area contributed by atoms with Crippen molar-refractivity contribution in [3.8, 4) is 11.6 Å². The minimum Gasteiger partial charge on any atom is -0.493 e. The third-order valence-corrected chi connectivity index (χ3v) is 7.22. The number of fused-ring (bicyclic) bond motifs is 1. The third-order valence-electron chi connectivity index (χ3n) is 5.71. The molecule has 2 heterocycles. The first kappa shape index (κ1) is 24.3. The molecule has 0 bridgehead atoms. The van der Waals surface area contributed by atoms with Gasteiger partial charge in [0.25, 0.3) is 9.84 Å². The third kappa shape index (κ3) is 4.03. The molecule has 2 aromatic carbocycles. The summed E-state index contributed by atoms with van der Waals surface area (Å²) < 4.78 is 64.0. The van der Waals surface area contributed by atoms with Crippen molar-refractivity contribution in [2.24, 2.45) is 0 Å². The molecule has 2 aromatic heterocycles. The minimum absolute atomic E-state index is 0.0176. The Morgan fingerprint density at radius 1 is 1.06 bits per heavy atom. The van der Waals surface area contributed by atoms with E-state index < -0.39 is 31.8 Å². The lowest BCUT2D eigenvalue weighted by Gasteiger charge is -2.17. The van der Waals surface area contributed by atoms with Crippen LogP contribution in [0.3, 0.4) is 0 Å². The fourth-order valence-electron chi connectivity index (χ4n) is 3.89. The molecule has 0 radical (unpaired) electrons. The van der Waals surface area contributed by atoms with Gasteiger partial charge in [0, 0.05) is 31.4 Å². The van der Waals surface area contributed by atoms with E-state index in [2.05, 4.69) is 4.98 Å². The standard InChI is InChI=1S/C23H21F3N4O4S/c1-14-21(31)30(16-7-9-17(10-8-16)35(33,34)23(24,25)26)22(32)29(14)13-15-11-12-27-18-5-4-6-19(20(15)18)28(2)3/h4-12,31H,13H2,1-3H3. The summed E-state index contributed by atoms with van der Waals surface area (Å²) in [7, 11) is -1.77. The van der Waals surface area contributed by atoms with Crippen LogP contribution in [0, 0.1) is 6.92 Å². The molecule has 0 unspecified atom stereocenters. The zero-order valence-electron chi connectivity index (χ0n) is 18.9. The van der Waals surface area contributed by atoms with Crippen LogP contribution in [0.4, 0.5) is 18.9 Å². The summed E-state index contributed by atoms with van der Waals surface area (Å²) in [5, 5.41) is 11.5. The lowest BCUT2D eigenvalue weighted by molar-refractivity contribution is -0.0436. The lowest BCUT2D eigenvalue weighted by atomic mass is 10.1. The van der Waals surface area contributed by atoms with Crippen LogP contribution >= 0.6 is 0 Å². The maximum Gasteiger partial charge on any atom is 0.501 e. The fourth-order valence-corrected chi connectivity index (χ4v) is 4.66. The number of alkyl halides is 3. The van der Waals surface area contributed by atoms with Crippen LogP contribution in [0.5, 0.6) is 5.88 Å².